The van der Waals surface area contributed by atoms with E-state index in [4.69, 9.17) is 4.74 Å². The first-order chi connectivity index (χ1) is 16.4. The van der Waals surface area contributed by atoms with E-state index in [0.29, 0.717) is 18.7 Å². The molecule has 174 valence electrons. The number of imide groups is 1. The van der Waals surface area contributed by atoms with Crippen LogP contribution in [0.25, 0.3) is 11.1 Å². The van der Waals surface area contributed by atoms with Crippen molar-refractivity contribution < 1.29 is 19.1 Å². The van der Waals surface area contributed by atoms with Crippen molar-refractivity contribution in [2.75, 3.05) is 23.9 Å². The van der Waals surface area contributed by atoms with Crippen LogP contribution >= 0.6 is 11.8 Å². The van der Waals surface area contributed by atoms with Gasteiger partial charge in [-0.2, -0.15) is 0 Å². The summed E-state index contributed by atoms with van der Waals surface area (Å²) >= 11 is 1.03. The molecule has 3 aromatic rings. The minimum Gasteiger partial charge on any atom is -0.494 e. The fourth-order valence-electron chi connectivity index (χ4n) is 3.59. The number of hydrogen-bond donors (Lipinski definition) is 2. The zero-order valence-corrected chi connectivity index (χ0v) is 19.7. The maximum atomic E-state index is 12.8. The SMILES string of the molecule is CCOc1ccc(NC(=O)N(C)c2cccc(-c3ccc(CC4SC(=O)NC4=O)cc3)c2)cc1. The van der Waals surface area contributed by atoms with Gasteiger partial charge in [-0.25, -0.2) is 4.79 Å². The Morgan fingerprint density at radius 1 is 1.03 bits per heavy atom. The standard InChI is InChI=1S/C26H25N3O4S/c1-3-33-22-13-11-20(12-14-22)27-25(31)29(2)21-6-4-5-19(16-21)18-9-7-17(8-10-18)15-23-24(30)28-26(32)34-23/h4-14,16,23H,3,15H2,1-2H3,(H,27,31)(H,28,30,32). The van der Waals surface area contributed by atoms with E-state index in [2.05, 4.69) is 10.6 Å². The molecule has 0 spiro atoms. The number of anilines is 2. The molecule has 4 amide bonds. The lowest BCUT2D eigenvalue weighted by Gasteiger charge is -2.19. The first-order valence-corrected chi connectivity index (χ1v) is 11.8. The zero-order chi connectivity index (χ0) is 24.1. The van der Waals surface area contributed by atoms with Crippen LogP contribution in [0.1, 0.15) is 12.5 Å². The molecule has 1 heterocycles. The molecule has 3 aromatic carbocycles. The van der Waals surface area contributed by atoms with Crippen molar-refractivity contribution in [3.8, 4) is 16.9 Å². The van der Waals surface area contributed by atoms with Crippen molar-refractivity contribution >= 4 is 40.3 Å². The fourth-order valence-corrected chi connectivity index (χ4v) is 4.45. The molecular formula is C26H25N3O4S. The molecule has 0 bridgehead atoms. The van der Waals surface area contributed by atoms with Gasteiger partial charge in [0.1, 0.15) is 5.75 Å². The molecule has 0 saturated carbocycles. The maximum absolute atomic E-state index is 12.8. The smallest absolute Gasteiger partial charge is 0.326 e. The molecule has 1 aliphatic heterocycles. The summed E-state index contributed by atoms with van der Waals surface area (Å²) in [5.41, 5.74) is 4.37. The van der Waals surface area contributed by atoms with Gasteiger partial charge >= 0.3 is 6.03 Å². The van der Waals surface area contributed by atoms with Crippen molar-refractivity contribution in [3.05, 3.63) is 78.4 Å². The Morgan fingerprint density at radius 3 is 2.41 bits per heavy atom. The average Bonchev–Trinajstić information content (AvgIpc) is 3.16. The summed E-state index contributed by atoms with van der Waals surface area (Å²) in [5.74, 6) is 0.518. The van der Waals surface area contributed by atoms with Crippen LogP contribution in [0, 0.1) is 0 Å². The van der Waals surface area contributed by atoms with Crippen molar-refractivity contribution in [1.82, 2.24) is 5.32 Å². The molecule has 7 nitrogen and oxygen atoms in total. The van der Waals surface area contributed by atoms with Crippen LogP contribution in [0.3, 0.4) is 0 Å². The zero-order valence-electron chi connectivity index (χ0n) is 18.9. The minimum absolute atomic E-state index is 0.238. The number of urea groups is 1. The van der Waals surface area contributed by atoms with Crippen LogP contribution in [0.5, 0.6) is 5.75 Å². The molecule has 34 heavy (non-hydrogen) atoms. The van der Waals surface area contributed by atoms with E-state index in [0.717, 1.165) is 39.9 Å². The Bertz CT molecular complexity index is 1200. The molecule has 0 aromatic heterocycles. The monoisotopic (exact) mass is 475 g/mol. The van der Waals surface area contributed by atoms with Gasteiger partial charge in [0.05, 0.1) is 11.9 Å². The van der Waals surface area contributed by atoms with Crippen LogP contribution in [-0.4, -0.2) is 36.1 Å². The molecule has 1 unspecified atom stereocenters. The highest BCUT2D eigenvalue weighted by Crippen LogP contribution is 2.27. The van der Waals surface area contributed by atoms with Crippen LogP contribution in [0.2, 0.25) is 0 Å². The lowest BCUT2D eigenvalue weighted by molar-refractivity contribution is -0.118. The highest BCUT2D eigenvalue weighted by molar-refractivity contribution is 8.15. The Balaban J connectivity index is 1.42. The van der Waals surface area contributed by atoms with E-state index in [-0.39, 0.29) is 22.4 Å². The number of rotatable bonds is 7. The molecule has 1 saturated heterocycles. The molecule has 2 N–H and O–H groups in total. The second-order valence-electron chi connectivity index (χ2n) is 7.78. The summed E-state index contributed by atoms with van der Waals surface area (Å²) in [6.07, 6.45) is 0.497. The van der Waals surface area contributed by atoms with Crippen LogP contribution < -0.4 is 20.3 Å². The molecule has 4 rings (SSSR count). The molecular weight excluding hydrogens is 450 g/mol. The van der Waals surface area contributed by atoms with E-state index in [1.165, 1.54) is 0 Å². The summed E-state index contributed by atoms with van der Waals surface area (Å²) in [6, 6.07) is 22.6. The van der Waals surface area contributed by atoms with Crippen molar-refractivity contribution in [2.45, 2.75) is 18.6 Å². The predicted octanol–water partition coefficient (Wildman–Crippen LogP) is 5.31. The average molecular weight is 476 g/mol. The topological polar surface area (TPSA) is 87.7 Å². The number of ether oxygens (including phenoxy) is 1. The van der Waals surface area contributed by atoms with Crippen molar-refractivity contribution in [1.29, 1.82) is 0 Å². The molecule has 1 atom stereocenters. The van der Waals surface area contributed by atoms with Gasteiger partial charge in [-0.05, 0) is 66.4 Å². The summed E-state index contributed by atoms with van der Waals surface area (Å²) < 4.78 is 5.43. The number of nitrogens with zero attached hydrogens (tertiary/aromatic N) is 1. The summed E-state index contributed by atoms with van der Waals surface area (Å²) in [4.78, 5) is 37.5. The molecule has 0 radical (unpaired) electrons. The number of carbonyl (C=O) groups excluding carboxylic acids is 3. The fraction of sp³-hybridized carbons (Fsp3) is 0.192. The Hall–Kier alpha value is -3.78. The van der Waals surface area contributed by atoms with Gasteiger partial charge in [-0.3, -0.25) is 19.8 Å². The number of nitrogens with one attached hydrogen (secondary N) is 2. The minimum atomic E-state index is -0.385. The Morgan fingerprint density at radius 2 is 1.76 bits per heavy atom. The number of benzene rings is 3. The van der Waals surface area contributed by atoms with E-state index >= 15 is 0 Å². The maximum Gasteiger partial charge on any atom is 0.326 e. The number of amides is 4. The lowest BCUT2D eigenvalue weighted by Crippen LogP contribution is -2.31. The van der Waals surface area contributed by atoms with Crippen LogP contribution in [-0.2, 0) is 11.2 Å². The van der Waals surface area contributed by atoms with Gasteiger partial charge in [0.25, 0.3) is 5.24 Å². The molecule has 1 aliphatic rings. The molecule has 0 aliphatic carbocycles. The Labute approximate surface area is 202 Å². The van der Waals surface area contributed by atoms with Crippen LogP contribution in [0.4, 0.5) is 21.0 Å². The highest BCUT2D eigenvalue weighted by atomic mass is 32.2. The van der Waals surface area contributed by atoms with Gasteiger partial charge in [0, 0.05) is 18.4 Å². The van der Waals surface area contributed by atoms with Gasteiger partial charge in [0.15, 0.2) is 0 Å². The second kappa shape index (κ2) is 10.4. The van der Waals surface area contributed by atoms with Crippen molar-refractivity contribution in [2.24, 2.45) is 0 Å². The van der Waals surface area contributed by atoms with E-state index in [1.807, 2.05) is 67.6 Å². The Kier molecular flexibility index (Phi) is 7.18. The van der Waals surface area contributed by atoms with Crippen LogP contribution in [0.15, 0.2) is 72.8 Å². The highest BCUT2D eigenvalue weighted by Gasteiger charge is 2.31. The summed E-state index contributed by atoms with van der Waals surface area (Å²) in [6.45, 7) is 2.51. The van der Waals surface area contributed by atoms with E-state index in [9.17, 15) is 14.4 Å². The number of carbonyl (C=O) groups is 3. The summed E-state index contributed by atoms with van der Waals surface area (Å²) in [5, 5.41) is 4.53. The normalized spacial score (nSPS) is 15.1. The number of hydrogen-bond acceptors (Lipinski definition) is 5. The predicted molar refractivity (Wildman–Crippen MR) is 136 cm³/mol. The van der Waals surface area contributed by atoms with E-state index < -0.39 is 0 Å². The molecule has 1 fully saturated rings. The van der Waals surface area contributed by atoms with Gasteiger partial charge in [-0.15, -0.1) is 0 Å². The first-order valence-electron chi connectivity index (χ1n) is 10.9. The third kappa shape index (κ3) is 5.58. The third-order valence-corrected chi connectivity index (χ3v) is 6.41. The number of thioether (sulfide) groups is 1. The lowest BCUT2D eigenvalue weighted by atomic mass is 10.0. The third-order valence-electron chi connectivity index (χ3n) is 5.43. The van der Waals surface area contributed by atoms with E-state index in [1.54, 1.807) is 24.1 Å². The molecule has 8 heteroatoms. The first kappa shape index (κ1) is 23.4. The van der Waals surface area contributed by atoms with Crippen molar-refractivity contribution in [3.63, 3.8) is 0 Å². The second-order valence-corrected chi connectivity index (χ2v) is 8.96. The summed E-state index contributed by atoms with van der Waals surface area (Å²) in [7, 11) is 1.72. The van der Waals surface area contributed by atoms with Gasteiger partial charge in [0.2, 0.25) is 5.91 Å². The quantitative estimate of drug-likeness (QED) is 0.483. The van der Waals surface area contributed by atoms with Gasteiger partial charge < -0.3 is 10.1 Å². The van der Waals surface area contributed by atoms with Gasteiger partial charge in [-0.1, -0.05) is 48.2 Å². The largest absolute Gasteiger partial charge is 0.494 e.